The predicted octanol–water partition coefficient (Wildman–Crippen LogP) is 4.01. The fourth-order valence-corrected chi connectivity index (χ4v) is 4.37. The molecule has 0 saturated carbocycles. The molecule has 1 amide bonds. The first-order valence-corrected chi connectivity index (χ1v) is 9.98. The lowest BCUT2D eigenvalue weighted by Gasteiger charge is -2.25. The number of hydrogen-bond donors (Lipinski definition) is 0. The second-order valence-corrected chi connectivity index (χ2v) is 7.68. The summed E-state index contributed by atoms with van der Waals surface area (Å²) in [5.41, 5.74) is 4.97. The molecule has 2 aromatic carbocycles. The third-order valence-corrected chi connectivity index (χ3v) is 5.83. The summed E-state index contributed by atoms with van der Waals surface area (Å²) in [5.74, 6) is 0.925. The predicted molar refractivity (Wildman–Crippen MR) is 107 cm³/mol. The molecule has 1 aromatic heterocycles. The summed E-state index contributed by atoms with van der Waals surface area (Å²) in [6.45, 7) is 0.562. The van der Waals surface area contributed by atoms with E-state index in [4.69, 9.17) is 9.78 Å². The third kappa shape index (κ3) is 3.19. The van der Waals surface area contributed by atoms with Crippen LogP contribution >= 0.6 is 0 Å². The van der Waals surface area contributed by atoms with Crippen LogP contribution in [0.4, 0.5) is 5.69 Å². The van der Waals surface area contributed by atoms with Crippen molar-refractivity contribution in [2.45, 2.75) is 38.0 Å². The molecule has 2 heterocycles. The van der Waals surface area contributed by atoms with Gasteiger partial charge in [-0.1, -0.05) is 23.4 Å². The third-order valence-electron chi connectivity index (χ3n) is 5.83. The molecule has 0 bridgehead atoms. The second kappa shape index (κ2) is 7.17. The van der Waals surface area contributed by atoms with E-state index in [0.717, 1.165) is 18.5 Å². The van der Waals surface area contributed by atoms with Crippen molar-refractivity contribution < 1.29 is 9.32 Å². The average Bonchev–Trinajstić information content (AvgIpc) is 3.40. The molecule has 5 rings (SSSR count). The zero-order valence-corrected chi connectivity index (χ0v) is 16.0. The minimum absolute atomic E-state index is 0.0985. The van der Waals surface area contributed by atoms with E-state index in [9.17, 15) is 4.79 Å². The van der Waals surface area contributed by atoms with Gasteiger partial charge >= 0.3 is 0 Å². The molecular weight excluding hydrogens is 364 g/mol. The van der Waals surface area contributed by atoms with E-state index in [-0.39, 0.29) is 11.8 Å². The topological polar surface area (TPSA) is 83.0 Å². The van der Waals surface area contributed by atoms with Gasteiger partial charge in [0.15, 0.2) is 5.82 Å². The van der Waals surface area contributed by atoms with Gasteiger partial charge in [-0.15, -0.1) is 0 Å². The van der Waals surface area contributed by atoms with Gasteiger partial charge in [0, 0.05) is 30.1 Å². The van der Waals surface area contributed by atoms with Crippen LogP contribution in [0.1, 0.15) is 47.7 Å². The van der Waals surface area contributed by atoms with Crippen molar-refractivity contribution in [2.75, 3.05) is 11.4 Å². The van der Waals surface area contributed by atoms with Gasteiger partial charge in [-0.05, 0) is 61.1 Å². The van der Waals surface area contributed by atoms with Crippen LogP contribution in [-0.4, -0.2) is 22.6 Å². The maximum Gasteiger partial charge on any atom is 0.257 e. The second-order valence-electron chi connectivity index (χ2n) is 7.68. The van der Waals surface area contributed by atoms with Crippen LogP contribution in [0.3, 0.4) is 0 Å². The molecule has 144 valence electrons. The first-order chi connectivity index (χ1) is 14.2. The fourth-order valence-electron chi connectivity index (χ4n) is 4.37. The molecular formula is C23H20N4O2. The summed E-state index contributed by atoms with van der Waals surface area (Å²) >= 11 is 0. The van der Waals surface area contributed by atoms with Crippen molar-refractivity contribution in [3.05, 3.63) is 65.0 Å². The molecule has 0 radical (unpaired) electrons. The number of aromatic nitrogens is 2. The van der Waals surface area contributed by atoms with Gasteiger partial charge in [-0.25, -0.2) is 0 Å². The van der Waals surface area contributed by atoms with E-state index in [1.54, 1.807) is 18.2 Å². The lowest BCUT2D eigenvalue weighted by molar-refractivity contribution is -0.117. The number of benzene rings is 2. The first kappa shape index (κ1) is 17.6. The quantitative estimate of drug-likeness (QED) is 0.681. The van der Waals surface area contributed by atoms with Crippen LogP contribution < -0.4 is 4.90 Å². The highest BCUT2D eigenvalue weighted by Crippen LogP contribution is 2.36. The standard InChI is InChI=1S/C23H20N4O2/c24-13-15-5-3-8-17(11-15)23-25-22(26-29-23)18-12-21(28)27(14-18)20-10-4-7-16-6-1-2-9-19(16)20/h3-5,7-8,10-11,18H,1-2,6,9,12,14H2. The summed E-state index contributed by atoms with van der Waals surface area (Å²) in [6, 6.07) is 15.5. The zero-order chi connectivity index (χ0) is 19.8. The van der Waals surface area contributed by atoms with Crippen LogP contribution in [0.5, 0.6) is 0 Å². The first-order valence-electron chi connectivity index (χ1n) is 9.98. The molecule has 1 unspecified atom stereocenters. The van der Waals surface area contributed by atoms with Crippen molar-refractivity contribution in [3.8, 4) is 17.5 Å². The van der Waals surface area contributed by atoms with Gasteiger partial charge in [0.2, 0.25) is 5.91 Å². The van der Waals surface area contributed by atoms with Crippen LogP contribution in [0.2, 0.25) is 0 Å². The number of fused-ring (bicyclic) bond motifs is 1. The Hall–Kier alpha value is -3.46. The van der Waals surface area contributed by atoms with Crippen molar-refractivity contribution in [2.24, 2.45) is 0 Å². The number of nitriles is 1. The van der Waals surface area contributed by atoms with E-state index in [1.807, 2.05) is 11.0 Å². The Balaban J connectivity index is 1.40. The number of aryl methyl sites for hydroxylation is 1. The van der Waals surface area contributed by atoms with Gasteiger partial charge in [-0.3, -0.25) is 4.79 Å². The molecule has 1 fully saturated rings. The number of carbonyl (C=O) groups excluding carboxylic acids is 1. The molecule has 1 aliphatic carbocycles. The monoisotopic (exact) mass is 384 g/mol. The lowest BCUT2D eigenvalue weighted by atomic mass is 9.90. The molecule has 0 N–H and O–H groups in total. The molecule has 1 saturated heterocycles. The summed E-state index contributed by atoms with van der Waals surface area (Å²) in [4.78, 5) is 19.2. The van der Waals surface area contributed by atoms with Gasteiger partial charge in [0.05, 0.1) is 11.6 Å². The highest BCUT2D eigenvalue weighted by molar-refractivity contribution is 5.97. The molecule has 2 aliphatic rings. The van der Waals surface area contributed by atoms with Crippen LogP contribution in [0.15, 0.2) is 47.0 Å². The molecule has 6 heteroatoms. The number of rotatable bonds is 3. The Morgan fingerprint density at radius 3 is 2.90 bits per heavy atom. The maximum absolute atomic E-state index is 12.8. The van der Waals surface area contributed by atoms with Crippen molar-refractivity contribution in [1.29, 1.82) is 5.26 Å². The number of carbonyl (C=O) groups is 1. The lowest BCUT2D eigenvalue weighted by Crippen LogP contribution is -2.26. The molecule has 1 atom stereocenters. The van der Waals surface area contributed by atoms with Gasteiger partial charge in [-0.2, -0.15) is 10.2 Å². The number of nitrogens with zero attached hydrogens (tertiary/aromatic N) is 4. The summed E-state index contributed by atoms with van der Waals surface area (Å²) < 4.78 is 5.43. The van der Waals surface area contributed by atoms with Gasteiger partial charge in [0.25, 0.3) is 5.89 Å². The Kier molecular flexibility index (Phi) is 4.36. The van der Waals surface area contributed by atoms with Gasteiger partial charge < -0.3 is 9.42 Å². The van der Waals surface area contributed by atoms with Crippen molar-refractivity contribution >= 4 is 11.6 Å². The summed E-state index contributed by atoms with van der Waals surface area (Å²) in [7, 11) is 0. The largest absolute Gasteiger partial charge is 0.334 e. The summed E-state index contributed by atoms with van der Waals surface area (Å²) in [5, 5.41) is 13.2. The smallest absolute Gasteiger partial charge is 0.257 e. The van der Waals surface area contributed by atoms with Crippen molar-refractivity contribution in [1.82, 2.24) is 10.1 Å². The fraction of sp³-hybridized carbons (Fsp3) is 0.304. The van der Waals surface area contributed by atoms with Gasteiger partial charge in [0.1, 0.15) is 0 Å². The highest BCUT2D eigenvalue weighted by atomic mass is 16.5. The van der Waals surface area contributed by atoms with E-state index >= 15 is 0 Å². The van der Waals surface area contributed by atoms with E-state index in [1.165, 1.54) is 24.0 Å². The molecule has 6 nitrogen and oxygen atoms in total. The van der Waals surface area contributed by atoms with E-state index < -0.39 is 0 Å². The number of amides is 1. The zero-order valence-electron chi connectivity index (χ0n) is 16.0. The number of hydrogen-bond acceptors (Lipinski definition) is 5. The van der Waals surface area contributed by atoms with Crippen molar-refractivity contribution in [3.63, 3.8) is 0 Å². The number of anilines is 1. The summed E-state index contributed by atoms with van der Waals surface area (Å²) in [6.07, 6.45) is 4.88. The van der Waals surface area contributed by atoms with Crippen LogP contribution in [0, 0.1) is 11.3 Å². The Labute approximate surface area is 168 Å². The maximum atomic E-state index is 12.8. The van der Waals surface area contributed by atoms with Crippen LogP contribution in [-0.2, 0) is 17.6 Å². The minimum Gasteiger partial charge on any atom is -0.334 e. The highest BCUT2D eigenvalue weighted by Gasteiger charge is 2.36. The van der Waals surface area contributed by atoms with E-state index in [2.05, 4.69) is 34.4 Å². The Morgan fingerprint density at radius 1 is 1.14 bits per heavy atom. The minimum atomic E-state index is -0.0985. The van der Waals surface area contributed by atoms with E-state index in [0.29, 0.717) is 35.8 Å². The molecule has 3 aromatic rings. The SMILES string of the molecule is N#Cc1cccc(-c2nc(C3CC(=O)N(c4cccc5c4CCCC5)C3)no2)c1. The molecule has 29 heavy (non-hydrogen) atoms. The average molecular weight is 384 g/mol. The Morgan fingerprint density at radius 2 is 2.00 bits per heavy atom. The Bertz CT molecular complexity index is 1130. The molecule has 1 aliphatic heterocycles. The van der Waals surface area contributed by atoms with Crippen LogP contribution in [0.25, 0.3) is 11.5 Å². The normalized spacial score (nSPS) is 18.5. The molecule has 0 spiro atoms.